The van der Waals surface area contributed by atoms with Crippen molar-refractivity contribution in [3.8, 4) is 5.75 Å². The molecule has 0 unspecified atom stereocenters. The van der Waals surface area contributed by atoms with Gasteiger partial charge in [0.15, 0.2) is 5.76 Å². The highest BCUT2D eigenvalue weighted by molar-refractivity contribution is 6.02. The van der Waals surface area contributed by atoms with Crippen LogP contribution < -0.4 is 10.1 Å². The minimum atomic E-state index is -0.362. The summed E-state index contributed by atoms with van der Waals surface area (Å²) in [7, 11) is 0. The molecule has 4 nitrogen and oxygen atoms in total. The summed E-state index contributed by atoms with van der Waals surface area (Å²) in [4.78, 5) is 11.7. The fourth-order valence-electron chi connectivity index (χ4n) is 1.28. The van der Waals surface area contributed by atoms with Crippen molar-refractivity contribution in [3.05, 3.63) is 36.6 Å². The first-order valence-corrected chi connectivity index (χ1v) is 5.53. The second-order valence-corrected chi connectivity index (χ2v) is 3.24. The lowest BCUT2D eigenvalue weighted by Crippen LogP contribution is -2.16. The van der Waals surface area contributed by atoms with Crippen LogP contribution in [0.3, 0.4) is 0 Å². The van der Waals surface area contributed by atoms with Crippen LogP contribution in [0.2, 0.25) is 0 Å². The summed E-state index contributed by atoms with van der Waals surface area (Å²) >= 11 is 0. The summed E-state index contributed by atoms with van der Waals surface area (Å²) in [5, 5.41) is 2.69. The van der Waals surface area contributed by atoms with E-state index in [4.69, 9.17) is 9.47 Å². The maximum absolute atomic E-state index is 11.7. The summed E-state index contributed by atoms with van der Waals surface area (Å²) in [6.07, 6.45) is 0. The number of anilines is 1. The molecule has 0 heterocycles. The quantitative estimate of drug-likeness (QED) is 0.609. The summed E-state index contributed by atoms with van der Waals surface area (Å²) in [6, 6.07) is 7.23. The van der Waals surface area contributed by atoms with E-state index in [1.54, 1.807) is 19.1 Å². The number of amides is 1. The Kier molecular flexibility index (Phi) is 5.07. The second kappa shape index (κ2) is 6.58. The molecule has 0 aliphatic carbocycles. The molecule has 1 N–H and O–H groups in total. The summed E-state index contributed by atoms with van der Waals surface area (Å²) in [6.45, 7) is 8.18. The first-order chi connectivity index (χ1) is 8.19. The Bertz CT molecular complexity index is 401. The average Bonchev–Trinajstić information content (AvgIpc) is 2.32. The van der Waals surface area contributed by atoms with Gasteiger partial charge >= 0.3 is 0 Å². The van der Waals surface area contributed by atoms with Crippen LogP contribution in [-0.2, 0) is 9.53 Å². The molecule has 17 heavy (non-hydrogen) atoms. The van der Waals surface area contributed by atoms with E-state index in [9.17, 15) is 4.79 Å². The molecule has 0 spiro atoms. The molecule has 92 valence electrons. The van der Waals surface area contributed by atoms with E-state index in [0.717, 1.165) is 0 Å². The van der Waals surface area contributed by atoms with Crippen LogP contribution >= 0.6 is 0 Å². The van der Waals surface area contributed by atoms with Crippen LogP contribution in [0.1, 0.15) is 13.8 Å². The van der Waals surface area contributed by atoms with Crippen molar-refractivity contribution in [2.24, 2.45) is 0 Å². The third-order valence-electron chi connectivity index (χ3n) is 2.01. The predicted molar refractivity (Wildman–Crippen MR) is 67.0 cm³/mol. The van der Waals surface area contributed by atoms with Gasteiger partial charge in [-0.3, -0.25) is 4.79 Å². The van der Waals surface area contributed by atoms with Gasteiger partial charge in [-0.05, 0) is 26.0 Å². The molecule has 0 bridgehead atoms. The fraction of sp³-hybridized carbons (Fsp3) is 0.308. The van der Waals surface area contributed by atoms with Gasteiger partial charge in [0.05, 0.1) is 18.9 Å². The van der Waals surface area contributed by atoms with E-state index in [1.165, 1.54) is 0 Å². The number of benzene rings is 1. The molecule has 0 aliphatic rings. The minimum Gasteiger partial charge on any atom is -0.492 e. The van der Waals surface area contributed by atoms with Gasteiger partial charge in [-0.25, -0.2) is 0 Å². The maximum atomic E-state index is 11.7. The standard InChI is InChI=1S/C13H17NO3/c1-4-16-10(3)13(15)14-11-8-6-7-9-12(11)17-5-2/h6-9H,3-5H2,1-2H3,(H,14,15). The highest BCUT2D eigenvalue weighted by atomic mass is 16.5. The van der Waals surface area contributed by atoms with E-state index in [1.807, 2.05) is 19.1 Å². The van der Waals surface area contributed by atoms with E-state index >= 15 is 0 Å². The van der Waals surface area contributed by atoms with E-state index in [0.29, 0.717) is 24.7 Å². The number of rotatable bonds is 6. The van der Waals surface area contributed by atoms with Crippen LogP contribution in [0, 0.1) is 0 Å². The number of carbonyl (C=O) groups excluding carboxylic acids is 1. The van der Waals surface area contributed by atoms with E-state index in [-0.39, 0.29) is 11.7 Å². The molecule has 1 rings (SSSR count). The smallest absolute Gasteiger partial charge is 0.290 e. The topological polar surface area (TPSA) is 47.6 Å². The minimum absolute atomic E-state index is 0.0961. The van der Waals surface area contributed by atoms with Gasteiger partial charge in [-0.15, -0.1) is 0 Å². The zero-order valence-corrected chi connectivity index (χ0v) is 10.2. The molecule has 1 amide bonds. The Hall–Kier alpha value is -1.97. The van der Waals surface area contributed by atoms with Gasteiger partial charge in [0, 0.05) is 0 Å². The molecule has 0 saturated carbocycles. The first-order valence-electron chi connectivity index (χ1n) is 5.53. The highest BCUT2D eigenvalue weighted by Gasteiger charge is 2.10. The van der Waals surface area contributed by atoms with Gasteiger partial charge in [-0.1, -0.05) is 18.7 Å². The number of nitrogens with one attached hydrogen (secondary N) is 1. The summed E-state index contributed by atoms with van der Waals surface area (Å²) in [5.74, 6) is 0.366. The molecule has 0 radical (unpaired) electrons. The van der Waals surface area contributed by atoms with Crippen LogP contribution in [0.15, 0.2) is 36.6 Å². The maximum Gasteiger partial charge on any atom is 0.290 e. The number of hydrogen-bond donors (Lipinski definition) is 1. The molecule has 0 atom stereocenters. The van der Waals surface area contributed by atoms with Crippen molar-refractivity contribution in [2.45, 2.75) is 13.8 Å². The molecule has 1 aromatic carbocycles. The molecule has 0 aliphatic heterocycles. The predicted octanol–water partition coefficient (Wildman–Crippen LogP) is 2.57. The Labute approximate surface area is 101 Å². The van der Waals surface area contributed by atoms with Crippen LogP contribution in [0.4, 0.5) is 5.69 Å². The monoisotopic (exact) mass is 235 g/mol. The zero-order chi connectivity index (χ0) is 12.7. The Balaban J connectivity index is 2.73. The first kappa shape index (κ1) is 13.1. The summed E-state index contributed by atoms with van der Waals surface area (Å²) < 4.78 is 10.4. The van der Waals surface area contributed by atoms with Gasteiger partial charge in [0.1, 0.15) is 5.75 Å². The fourth-order valence-corrected chi connectivity index (χ4v) is 1.28. The number of carbonyl (C=O) groups is 1. The zero-order valence-electron chi connectivity index (χ0n) is 10.2. The van der Waals surface area contributed by atoms with E-state index in [2.05, 4.69) is 11.9 Å². The second-order valence-electron chi connectivity index (χ2n) is 3.24. The van der Waals surface area contributed by atoms with Crippen LogP contribution in [0.5, 0.6) is 5.75 Å². The molecular weight excluding hydrogens is 218 g/mol. The third-order valence-corrected chi connectivity index (χ3v) is 2.01. The summed E-state index contributed by atoms with van der Waals surface area (Å²) in [5.41, 5.74) is 0.611. The SMILES string of the molecule is C=C(OCC)C(=O)Nc1ccccc1OCC. The highest BCUT2D eigenvalue weighted by Crippen LogP contribution is 2.23. The van der Waals surface area contributed by atoms with Crippen LogP contribution in [0.25, 0.3) is 0 Å². The Morgan fingerprint density at radius 3 is 2.65 bits per heavy atom. The van der Waals surface area contributed by atoms with Crippen molar-refractivity contribution in [1.29, 1.82) is 0 Å². The Morgan fingerprint density at radius 1 is 1.29 bits per heavy atom. The lowest BCUT2D eigenvalue weighted by atomic mass is 10.3. The number of hydrogen-bond acceptors (Lipinski definition) is 3. The van der Waals surface area contributed by atoms with Gasteiger partial charge in [-0.2, -0.15) is 0 Å². The largest absolute Gasteiger partial charge is 0.492 e. The average molecular weight is 235 g/mol. The van der Waals surface area contributed by atoms with Gasteiger partial charge < -0.3 is 14.8 Å². The number of para-hydroxylation sites is 2. The number of ether oxygens (including phenoxy) is 2. The molecular formula is C13H17NO3. The Morgan fingerprint density at radius 2 is 2.00 bits per heavy atom. The lowest BCUT2D eigenvalue weighted by molar-refractivity contribution is -0.116. The van der Waals surface area contributed by atoms with Crippen molar-refractivity contribution < 1.29 is 14.3 Å². The molecule has 0 fully saturated rings. The normalized spacial score (nSPS) is 9.53. The van der Waals surface area contributed by atoms with Crippen LogP contribution in [-0.4, -0.2) is 19.1 Å². The third kappa shape index (κ3) is 3.83. The molecule has 1 aromatic rings. The van der Waals surface area contributed by atoms with Crippen molar-refractivity contribution in [3.63, 3.8) is 0 Å². The van der Waals surface area contributed by atoms with Crippen molar-refractivity contribution in [1.82, 2.24) is 0 Å². The van der Waals surface area contributed by atoms with E-state index < -0.39 is 0 Å². The lowest BCUT2D eigenvalue weighted by Gasteiger charge is -2.12. The van der Waals surface area contributed by atoms with Crippen molar-refractivity contribution >= 4 is 11.6 Å². The van der Waals surface area contributed by atoms with Gasteiger partial charge in [0.2, 0.25) is 0 Å². The molecule has 4 heteroatoms. The van der Waals surface area contributed by atoms with Crippen molar-refractivity contribution in [2.75, 3.05) is 18.5 Å². The molecule has 0 aromatic heterocycles. The van der Waals surface area contributed by atoms with Gasteiger partial charge in [0.25, 0.3) is 5.91 Å². The molecule has 0 saturated heterocycles.